The van der Waals surface area contributed by atoms with Crippen LogP contribution in [-0.2, 0) is 4.79 Å². The third-order valence-electron chi connectivity index (χ3n) is 1.58. The topological polar surface area (TPSA) is 49.3 Å². The van der Waals surface area contributed by atoms with Crippen LogP contribution in [0.3, 0.4) is 0 Å². The van der Waals surface area contributed by atoms with Gasteiger partial charge in [-0.15, -0.1) is 0 Å². The number of hydrogen-bond acceptors (Lipinski definition) is 2. The van der Waals surface area contributed by atoms with Gasteiger partial charge < -0.3 is 10.4 Å². The Bertz CT molecular complexity index is 234. The molecule has 96 valence electrons. The quantitative estimate of drug-likeness (QED) is 0.743. The summed E-state index contributed by atoms with van der Waals surface area (Å²) < 4.78 is 71.9. The van der Waals surface area contributed by atoms with Crippen LogP contribution in [0.5, 0.6) is 0 Å². The molecule has 0 aliphatic carbocycles. The van der Waals surface area contributed by atoms with E-state index in [2.05, 4.69) is 0 Å². The molecular weight excluding hydrogens is 244 g/mol. The fourth-order valence-electron chi connectivity index (χ4n) is 0.855. The first-order valence-corrected chi connectivity index (χ1v) is 4.04. The summed E-state index contributed by atoms with van der Waals surface area (Å²) in [5, 5.41) is 9.81. The SMILES string of the molecule is C[C@H](CO)NC(=O)C(C(F)(F)F)C(F)(F)F. The van der Waals surface area contributed by atoms with E-state index < -0.39 is 36.8 Å². The van der Waals surface area contributed by atoms with E-state index in [1.165, 1.54) is 5.32 Å². The van der Waals surface area contributed by atoms with Crippen molar-refractivity contribution in [3.8, 4) is 0 Å². The number of aliphatic hydroxyl groups excluding tert-OH is 1. The summed E-state index contributed by atoms with van der Waals surface area (Å²) in [6, 6.07) is -1.18. The first-order valence-electron chi connectivity index (χ1n) is 4.04. The third kappa shape index (κ3) is 4.25. The minimum absolute atomic E-state index is 0.756. The van der Waals surface area contributed by atoms with E-state index in [0.717, 1.165) is 6.92 Å². The van der Waals surface area contributed by atoms with Crippen molar-refractivity contribution >= 4 is 5.91 Å². The second-order valence-corrected chi connectivity index (χ2v) is 3.11. The molecule has 0 unspecified atom stereocenters. The van der Waals surface area contributed by atoms with Gasteiger partial charge in [0.1, 0.15) is 0 Å². The van der Waals surface area contributed by atoms with Gasteiger partial charge in [-0.3, -0.25) is 4.79 Å². The highest BCUT2D eigenvalue weighted by atomic mass is 19.4. The molecule has 0 saturated heterocycles. The number of nitrogens with one attached hydrogen (secondary N) is 1. The molecule has 0 aliphatic heterocycles. The lowest BCUT2D eigenvalue weighted by atomic mass is 10.1. The minimum Gasteiger partial charge on any atom is -0.394 e. The average Bonchev–Trinajstić information content (AvgIpc) is 1.97. The smallest absolute Gasteiger partial charge is 0.394 e. The lowest BCUT2D eigenvalue weighted by Gasteiger charge is -2.23. The van der Waals surface area contributed by atoms with Crippen molar-refractivity contribution in [1.82, 2.24) is 5.32 Å². The number of carbonyl (C=O) groups is 1. The van der Waals surface area contributed by atoms with E-state index >= 15 is 0 Å². The van der Waals surface area contributed by atoms with Gasteiger partial charge in [-0.2, -0.15) is 26.3 Å². The van der Waals surface area contributed by atoms with Gasteiger partial charge in [-0.05, 0) is 6.92 Å². The number of alkyl halides is 6. The first-order chi connectivity index (χ1) is 7.00. The van der Waals surface area contributed by atoms with E-state index in [1.54, 1.807) is 0 Å². The Balaban J connectivity index is 4.87. The summed E-state index contributed by atoms with van der Waals surface area (Å²) in [6.07, 6.45) is -11.4. The summed E-state index contributed by atoms with van der Waals surface area (Å²) in [4.78, 5) is 10.7. The van der Waals surface area contributed by atoms with Gasteiger partial charge in [-0.1, -0.05) is 0 Å². The lowest BCUT2D eigenvalue weighted by molar-refractivity contribution is -0.274. The monoisotopic (exact) mass is 253 g/mol. The van der Waals surface area contributed by atoms with E-state index in [4.69, 9.17) is 5.11 Å². The van der Waals surface area contributed by atoms with Crippen LogP contribution in [0.1, 0.15) is 6.92 Å². The lowest BCUT2D eigenvalue weighted by Crippen LogP contribution is -2.50. The Hall–Kier alpha value is -0.990. The predicted molar refractivity (Wildman–Crippen MR) is 40.3 cm³/mol. The molecule has 0 aromatic heterocycles. The van der Waals surface area contributed by atoms with Crippen molar-refractivity contribution in [2.24, 2.45) is 5.92 Å². The zero-order chi connectivity index (χ0) is 13.1. The van der Waals surface area contributed by atoms with Gasteiger partial charge in [0.05, 0.1) is 6.61 Å². The second kappa shape index (κ2) is 4.89. The van der Waals surface area contributed by atoms with Crippen LogP contribution in [0.4, 0.5) is 26.3 Å². The third-order valence-corrected chi connectivity index (χ3v) is 1.58. The Morgan fingerprint density at radius 2 is 1.56 bits per heavy atom. The number of amides is 1. The van der Waals surface area contributed by atoms with Crippen molar-refractivity contribution in [2.45, 2.75) is 25.3 Å². The number of carbonyl (C=O) groups excluding carboxylic acids is 1. The van der Waals surface area contributed by atoms with Crippen molar-refractivity contribution in [1.29, 1.82) is 0 Å². The van der Waals surface area contributed by atoms with E-state index in [0.29, 0.717) is 0 Å². The van der Waals surface area contributed by atoms with E-state index in [1.807, 2.05) is 0 Å². The molecule has 0 rings (SSSR count). The van der Waals surface area contributed by atoms with Crippen molar-refractivity contribution in [2.75, 3.05) is 6.61 Å². The molecule has 0 aromatic carbocycles. The van der Waals surface area contributed by atoms with Crippen LogP contribution < -0.4 is 5.32 Å². The fraction of sp³-hybridized carbons (Fsp3) is 0.857. The van der Waals surface area contributed by atoms with Crippen LogP contribution in [0.2, 0.25) is 0 Å². The van der Waals surface area contributed by atoms with Gasteiger partial charge in [0.15, 0.2) is 0 Å². The fourth-order valence-corrected chi connectivity index (χ4v) is 0.855. The average molecular weight is 253 g/mol. The Labute approximate surface area is 86.4 Å². The highest BCUT2D eigenvalue weighted by molar-refractivity contribution is 5.80. The molecule has 0 fully saturated rings. The van der Waals surface area contributed by atoms with Crippen LogP contribution in [0, 0.1) is 5.92 Å². The van der Waals surface area contributed by atoms with Crippen molar-refractivity contribution in [3.63, 3.8) is 0 Å². The Morgan fingerprint density at radius 3 is 1.81 bits per heavy atom. The molecule has 9 heteroatoms. The molecule has 0 aliphatic rings. The standard InChI is InChI=1S/C7H9F6NO2/c1-3(2-15)14-5(16)4(6(8,9)10)7(11,12)13/h3-4,15H,2H2,1H3,(H,14,16)/t3-/m1/s1. The van der Waals surface area contributed by atoms with Crippen LogP contribution in [0.15, 0.2) is 0 Å². The Morgan fingerprint density at radius 1 is 1.19 bits per heavy atom. The summed E-state index contributed by atoms with van der Waals surface area (Å²) in [5.74, 6) is -6.30. The summed E-state index contributed by atoms with van der Waals surface area (Å²) >= 11 is 0. The molecule has 1 atom stereocenters. The molecule has 0 heterocycles. The largest absolute Gasteiger partial charge is 0.409 e. The zero-order valence-electron chi connectivity index (χ0n) is 7.99. The maximum atomic E-state index is 12.0. The molecule has 0 radical (unpaired) electrons. The van der Waals surface area contributed by atoms with Gasteiger partial charge >= 0.3 is 12.4 Å². The van der Waals surface area contributed by atoms with Crippen LogP contribution >= 0.6 is 0 Å². The summed E-state index contributed by atoms with van der Waals surface area (Å²) in [7, 11) is 0. The molecule has 1 amide bonds. The molecule has 16 heavy (non-hydrogen) atoms. The van der Waals surface area contributed by atoms with Gasteiger partial charge in [0.2, 0.25) is 11.8 Å². The maximum absolute atomic E-state index is 12.0. The van der Waals surface area contributed by atoms with Crippen LogP contribution in [-0.4, -0.2) is 36.0 Å². The highest BCUT2D eigenvalue weighted by Crippen LogP contribution is 2.39. The minimum atomic E-state index is -5.71. The summed E-state index contributed by atoms with van der Waals surface area (Å²) in [5.41, 5.74) is 0. The van der Waals surface area contributed by atoms with Gasteiger partial charge in [0.25, 0.3) is 0 Å². The predicted octanol–water partition coefficient (Wildman–Crippen LogP) is 1.22. The Kier molecular flexibility index (Phi) is 4.59. The van der Waals surface area contributed by atoms with Crippen molar-refractivity contribution in [3.05, 3.63) is 0 Å². The van der Waals surface area contributed by atoms with Gasteiger partial charge in [-0.25, -0.2) is 0 Å². The van der Waals surface area contributed by atoms with Crippen molar-refractivity contribution < 1.29 is 36.2 Å². The highest BCUT2D eigenvalue weighted by Gasteiger charge is 2.61. The molecule has 0 bridgehead atoms. The normalized spacial score (nSPS) is 15.1. The molecule has 0 spiro atoms. The molecule has 0 aromatic rings. The molecule has 0 saturated carbocycles. The number of aliphatic hydroxyl groups is 1. The first kappa shape index (κ1) is 15.0. The summed E-state index contributed by atoms with van der Waals surface area (Å²) in [6.45, 7) is 0.315. The van der Waals surface area contributed by atoms with Gasteiger partial charge in [0, 0.05) is 6.04 Å². The van der Waals surface area contributed by atoms with E-state index in [-0.39, 0.29) is 0 Å². The van der Waals surface area contributed by atoms with Crippen LogP contribution in [0.25, 0.3) is 0 Å². The maximum Gasteiger partial charge on any atom is 0.409 e. The molecule has 3 nitrogen and oxygen atoms in total. The molecular formula is C7H9F6NO2. The van der Waals surface area contributed by atoms with E-state index in [9.17, 15) is 31.1 Å². The molecule has 2 N–H and O–H groups in total. The zero-order valence-corrected chi connectivity index (χ0v) is 7.99. The number of halogens is 6. The second-order valence-electron chi connectivity index (χ2n) is 3.11. The number of hydrogen-bond donors (Lipinski definition) is 2. The number of rotatable bonds is 3.